The van der Waals surface area contributed by atoms with Gasteiger partial charge in [0.15, 0.2) is 11.5 Å². The summed E-state index contributed by atoms with van der Waals surface area (Å²) in [4.78, 5) is 24.0. The number of rotatable bonds is 4. The molecule has 1 heterocycles. The maximum Gasteiger partial charge on any atom is 0.328 e. The van der Waals surface area contributed by atoms with Crippen LogP contribution in [0, 0.1) is 0 Å². The van der Waals surface area contributed by atoms with Crippen molar-refractivity contribution in [3.05, 3.63) is 35.4 Å². The van der Waals surface area contributed by atoms with Crippen molar-refractivity contribution < 1.29 is 24.2 Å². The lowest BCUT2D eigenvalue weighted by Crippen LogP contribution is -2.35. The van der Waals surface area contributed by atoms with Crippen molar-refractivity contribution in [2.24, 2.45) is 0 Å². The normalized spacial score (nSPS) is 13.9. The van der Waals surface area contributed by atoms with E-state index in [1.54, 1.807) is 19.1 Å². The number of carboxylic acids is 1. The minimum Gasteiger partial charge on any atom is -0.493 e. The molecule has 0 saturated carbocycles. The minimum absolute atomic E-state index is 0.308. The molecular weight excluding hydrogens is 274 g/mol. The van der Waals surface area contributed by atoms with Gasteiger partial charge in [-0.2, -0.15) is 0 Å². The largest absolute Gasteiger partial charge is 0.493 e. The van der Waals surface area contributed by atoms with Gasteiger partial charge in [-0.3, -0.25) is 4.79 Å². The molecule has 1 aliphatic heterocycles. The van der Waals surface area contributed by atoms with Gasteiger partial charge in [-0.25, -0.2) is 4.79 Å². The predicted molar refractivity (Wildman–Crippen MR) is 75.4 cm³/mol. The summed E-state index contributed by atoms with van der Waals surface area (Å²) in [6, 6.07) is 3.78. The molecule has 1 aliphatic rings. The molecule has 0 bridgehead atoms. The highest BCUT2D eigenvalue weighted by molar-refractivity contribution is 5.94. The van der Waals surface area contributed by atoms with Crippen LogP contribution in [-0.2, 0) is 22.6 Å². The van der Waals surface area contributed by atoms with Gasteiger partial charge in [0, 0.05) is 25.2 Å². The van der Waals surface area contributed by atoms with E-state index < -0.39 is 5.97 Å². The third-order valence-electron chi connectivity index (χ3n) is 3.40. The summed E-state index contributed by atoms with van der Waals surface area (Å²) in [6.07, 6.45) is 2.63. The van der Waals surface area contributed by atoms with Crippen LogP contribution in [0.4, 0.5) is 0 Å². The van der Waals surface area contributed by atoms with Crippen molar-refractivity contribution >= 4 is 11.9 Å². The lowest BCUT2D eigenvalue weighted by atomic mass is 9.98. The fourth-order valence-electron chi connectivity index (χ4n) is 2.32. The zero-order valence-corrected chi connectivity index (χ0v) is 12.0. The number of hydrogen-bond donors (Lipinski definition) is 1. The van der Waals surface area contributed by atoms with Crippen LogP contribution in [-0.4, -0.2) is 42.6 Å². The number of nitrogens with zero attached hydrogens (tertiary/aromatic N) is 1. The second-order valence-corrected chi connectivity index (χ2v) is 4.66. The van der Waals surface area contributed by atoms with E-state index in [0.29, 0.717) is 31.0 Å². The van der Waals surface area contributed by atoms with Crippen LogP contribution < -0.4 is 9.47 Å². The van der Waals surface area contributed by atoms with E-state index in [2.05, 4.69) is 0 Å². The van der Waals surface area contributed by atoms with Crippen LogP contribution in [0.5, 0.6) is 11.5 Å². The maximum atomic E-state index is 11.9. The Bertz CT molecular complexity index is 594. The molecule has 0 unspecified atom stereocenters. The van der Waals surface area contributed by atoms with Gasteiger partial charge in [0.1, 0.15) is 0 Å². The number of hydrogen-bond acceptors (Lipinski definition) is 4. The van der Waals surface area contributed by atoms with E-state index >= 15 is 0 Å². The Morgan fingerprint density at radius 3 is 2.33 bits per heavy atom. The molecule has 1 amide bonds. The first-order valence-corrected chi connectivity index (χ1v) is 6.49. The fourth-order valence-corrected chi connectivity index (χ4v) is 2.32. The molecule has 1 aromatic rings. The van der Waals surface area contributed by atoms with Crippen molar-refractivity contribution in [2.75, 3.05) is 20.8 Å². The van der Waals surface area contributed by atoms with Gasteiger partial charge in [0.05, 0.1) is 14.2 Å². The zero-order chi connectivity index (χ0) is 15.4. The summed E-state index contributed by atoms with van der Waals surface area (Å²) in [6.45, 7) is 0.976. The number of carbonyl (C=O) groups excluding carboxylic acids is 1. The van der Waals surface area contributed by atoms with Crippen LogP contribution in [0.2, 0.25) is 0 Å². The third-order valence-corrected chi connectivity index (χ3v) is 3.40. The molecule has 6 nitrogen and oxygen atoms in total. The van der Waals surface area contributed by atoms with E-state index in [1.807, 2.05) is 12.1 Å². The van der Waals surface area contributed by atoms with Crippen molar-refractivity contribution in [3.8, 4) is 11.5 Å². The first-order chi connectivity index (χ1) is 10.0. The first kappa shape index (κ1) is 14.9. The number of fused-ring (bicyclic) bond motifs is 1. The van der Waals surface area contributed by atoms with Crippen LogP contribution in [0.25, 0.3) is 0 Å². The topological polar surface area (TPSA) is 76.1 Å². The maximum absolute atomic E-state index is 11.9. The standard InChI is InChI=1S/C15H17NO5/c1-20-12-7-10-5-6-16(14(17)3-4-15(18)19)9-11(10)8-13(12)21-2/h3-4,7-8H,5-6,9H2,1-2H3,(H,18,19). The minimum atomic E-state index is -1.13. The molecule has 1 aromatic carbocycles. The average Bonchev–Trinajstić information content (AvgIpc) is 2.50. The quantitative estimate of drug-likeness (QED) is 0.844. The Balaban J connectivity index is 2.20. The third kappa shape index (κ3) is 3.34. The van der Waals surface area contributed by atoms with Crippen LogP contribution in [0.1, 0.15) is 11.1 Å². The van der Waals surface area contributed by atoms with Gasteiger partial charge in [-0.15, -0.1) is 0 Å². The molecular formula is C15H17NO5. The molecule has 0 spiro atoms. The van der Waals surface area contributed by atoms with Gasteiger partial charge >= 0.3 is 5.97 Å². The number of methoxy groups -OCH3 is 2. The molecule has 2 rings (SSSR count). The van der Waals surface area contributed by atoms with Crippen molar-refractivity contribution in [2.45, 2.75) is 13.0 Å². The molecule has 1 N–H and O–H groups in total. The van der Waals surface area contributed by atoms with Crippen LogP contribution in [0.15, 0.2) is 24.3 Å². The van der Waals surface area contributed by atoms with Gasteiger partial charge in [-0.05, 0) is 29.7 Å². The second-order valence-electron chi connectivity index (χ2n) is 4.66. The zero-order valence-electron chi connectivity index (χ0n) is 12.0. The van der Waals surface area contributed by atoms with Crippen LogP contribution in [0.3, 0.4) is 0 Å². The number of benzene rings is 1. The molecule has 21 heavy (non-hydrogen) atoms. The molecule has 6 heteroatoms. The highest BCUT2D eigenvalue weighted by Crippen LogP contribution is 2.33. The Kier molecular flexibility index (Phi) is 4.47. The molecule has 0 aliphatic carbocycles. The predicted octanol–water partition coefficient (Wildman–Crippen LogP) is 1.23. The van der Waals surface area contributed by atoms with E-state index in [0.717, 1.165) is 23.3 Å². The van der Waals surface area contributed by atoms with Gasteiger partial charge in [0.25, 0.3) is 0 Å². The first-order valence-electron chi connectivity index (χ1n) is 6.49. The molecule has 112 valence electrons. The molecule has 0 saturated heterocycles. The summed E-state index contributed by atoms with van der Waals surface area (Å²) >= 11 is 0. The number of ether oxygens (including phenoxy) is 2. The summed E-state index contributed by atoms with van der Waals surface area (Å²) in [5.41, 5.74) is 2.09. The van der Waals surface area contributed by atoms with E-state index in [9.17, 15) is 9.59 Å². The smallest absolute Gasteiger partial charge is 0.328 e. The number of carboxylic acid groups (broad SMARTS) is 1. The second kappa shape index (κ2) is 6.30. The van der Waals surface area contributed by atoms with Gasteiger partial charge in [-0.1, -0.05) is 0 Å². The number of carbonyl (C=O) groups is 2. The highest BCUT2D eigenvalue weighted by atomic mass is 16.5. The lowest BCUT2D eigenvalue weighted by Gasteiger charge is -2.28. The van der Waals surface area contributed by atoms with Crippen molar-refractivity contribution in [3.63, 3.8) is 0 Å². The van der Waals surface area contributed by atoms with E-state index in [1.165, 1.54) is 0 Å². The molecule has 0 radical (unpaired) electrons. The van der Waals surface area contributed by atoms with Crippen LogP contribution >= 0.6 is 0 Å². The fraction of sp³-hybridized carbons (Fsp3) is 0.333. The van der Waals surface area contributed by atoms with Gasteiger partial charge in [0.2, 0.25) is 5.91 Å². The number of aliphatic carboxylic acids is 1. The Morgan fingerprint density at radius 2 is 1.76 bits per heavy atom. The summed E-state index contributed by atoms with van der Waals surface area (Å²) in [7, 11) is 3.14. The molecule has 0 atom stereocenters. The van der Waals surface area contributed by atoms with Crippen molar-refractivity contribution in [1.82, 2.24) is 4.90 Å². The molecule has 0 aromatic heterocycles. The lowest BCUT2D eigenvalue weighted by molar-refractivity contribution is -0.132. The SMILES string of the molecule is COc1cc2c(cc1OC)CN(C(=O)C=CC(=O)O)CC2. The monoisotopic (exact) mass is 291 g/mol. The summed E-state index contributed by atoms with van der Waals surface area (Å²) < 4.78 is 10.5. The highest BCUT2D eigenvalue weighted by Gasteiger charge is 2.21. The number of amides is 1. The van der Waals surface area contributed by atoms with E-state index in [-0.39, 0.29) is 5.91 Å². The van der Waals surface area contributed by atoms with Crippen molar-refractivity contribution in [1.29, 1.82) is 0 Å². The Labute approximate surface area is 122 Å². The summed E-state index contributed by atoms with van der Waals surface area (Å²) in [5, 5.41) is 8.56. The Morgan fingerprint density at radius 1 is 1.14 bits per heavy atom. The molecule has 0 fully saturated rings. The Hall–Kier alpha value is -2.50. The van der Waals surface area contributed by atoms with E-state index in [4.69, 9.17) is 14.6 Å². The average molecular weight is 291 g/mol. The summed E-state index contributed by atoms with van der Waals surface area (Å²) in [5.74, 6) is -0.154. The van der Waals surface area contributed by atoms with Gasteiger partial charge < -0.3 is 19.5 Å².